The Hall–Kier alpha value is 0.870. The van der Waals surface area contributed by atoms with Gasteiger partial charge in [-0.15, -0.1) is 0 Å². The van der Waals surface area contributed by atoms with E-state index >= 15 is 0 Å². The molecule has 0 aromatic carbocycles. The van der Waals surface area contributed by atoms with Crippen molar-refractivity contribution in [3.63, 3.8) is 0 Å². The van der Waals surface area contributed by atoms with Gasteiger partial charge in [0, 0.05) is 11.8 Å². The Morgan fingerprint density at radius 1 is 0.840 bits per heavy atom. The van der Waals surface area contributed by atoms with E-state index in [1.165, 1.54) is 70.6 Å². The summed E-state index contributed by atoms with van der Waals surface area (Å²) in [6.45, 7) is 4.39. The SMILES string of the molecule is CCCCCCCCCCCC(CCS(=O)(=O)[O-])N1CCCCC1.[Na+]. The summed E-state index contributed by atoms with van der Waals surface area (Å²) >= 11 is 0. The van der Waals surface area contributed by atoms with E-state index in [1.54, 1.807) is 0 Å². The first-order valence-corrected chi connectivity index (χ1v) is 11.8. The van der Waals surface area contributed by atoms with Crippen LogP contribution in [0.3, 0.4) is 0 Å². The van der Waals surface area contributed by atoms with Crippen molar-refractivity contribution in [2.24, 2.45) is 0 Å². The average Bonchev–Trinajstić information content (AvgIpc) is 2.56. The molecule has 25 heavy (non-hydrogen) atoms. The topological polar surface area (TPSA) is 60.4 Å². The van der Waals surface area contributed by atoms with Gasteiger partial charge in [-0.3, -0.25) is 0 Å². The first-order chi connectivity index (χ1) is 11.5. The Bertz CT molecular complexity index is 397. The van der Waals surface area contributed by atoms with Crippen LogP contribution in [-0.4, -0.2) is 42.8 Å². The van der Waals surface area contributed by atoms with Gasteiger partial charge in [0.25, 0.3) is 0 Å². The second kappa shape index (κ2) is 15.9. The molecule has 1 saturated heterocycles. The monoisotopic (exact) mass is 383 g/mol. The van der Waals surface area contributed by atoms with E-state index in [1.807, 2.05) is 0 Å². The zero-order valence-electron chi connectivity index (χ0n) is 16.7. The van der Waals surface area contributed by atoms with Crippen molar-refractivity contribution in [3.05, 3.63) is 0 Å². The Morgan fingerprint density at radius 2 is 1.36 bits per heavy atom. The normalized spacial score (nSPS) is 17.2. The number of hydrogen-bond donors (Lipinski definition) is 0. The molecule has 0 bridgehead atoms. The largest absolute Gasteiger partial charge is 1.00 e. The molecule has 0 amide bonds. The molecule has 0 aromatic rings. The first-order valence-electron chi connectivity index (χ1n) is 10.2. The molecule has 144 valence electrons. The van der Waals surface area contributed by atoms with E-state index in [9.17, 15) is 13.0 Å². The predicted molar refractivity (Wildman–Crippen MR) is 100 cm³/mol. The van der Waals surface area contributed by atoms with Crippen LogP contribution in [-0.2, 0) is 10.1 Å². The van der Waals surface area contributed by atoms with E-state index in [-0.39, 0.29) is 35.3 Å². The predicted octanol–water partition coefficient (Wildman–Crippen LogP) is 1.70. The van der Waals surface area contributed by atoms with Crippen LogP contribution >= 0.6 is 0 Å². The zero-order chi connectivity index (χ0) is 17.7. The van der Waals surface area contributed by atoms with Crippen LogP contribution in [0.15, 0.2) is 0 Å². The van der Waals surface area contributed by atoms with Gasteiger partial charge < -0.3 is 9.45 Å². The fourth-order valence-corrected chi connectivity index (χ4v) is 4.32. The number of likely N-dealkylation sites (tertiary alicyclic amines) is 1. The van der Waals surface area contributed by atoms with Gasteiger partial charge in [-0.2, -0.15) is 0 Å². The van der Waals surface area contributed by atoms with Gasteiger partial charge in [0.2, 0.25) is 0 Å². The van der Waals surface area contributed by atoms with Gasteiger partial charge in [0.1, 0.15) is 0 Å². The van der Waals surface area contributed by atoms with Crippen molar-refractivity contribution in [1.82, 2.24) is 4.90 Å². The second-order valence-electron chi connectivity index (χ2n) is 7.42. The second-order valence-corrected chi connectivity index (χ2v) is 8.94. The smallest absolute Gasteiger partial charge is 0.748 e. The van der Waals surface area contributed by atoms with Crippen LogP contribution in [0.2, 0.25) is 0 Å². The summed E-state index contributed by atoms with van der Waals surface area (Å²) in [6.07, 6.45) is 17.0. The Morgan fingerprint density at radius 3 is 1.88 bits per heavy atom. The molecule has 1 aliphatic rings. The minimum atomic E-state index is -4.08. The quantitative estimate of drug-likeness (QED) is 0.260. The minimum absolute atomic E-state index is 0. The van der Waals surface area contributed by atoms with Gasteiger partial charge in [-0.25, -0.2) is 8.42 Å². The standard InChI is InChI=1S/C19H39NO3S.Na/c1-2-3-4-5-6-7-8-9-11-14-19(15-18-24(21,22)23)20-16-12-10-13-17-20;/h19H,2-18H2,1H3,(H,21,22,23);/q;+1/p-1. The van der Waals surface area contributed by atoms with Crippen molar-refractivity contribution >= 4 is 10.1 Å². The third-order valence-electron chi connectivity index (χ3n) is 5.25. The van der Waals surface area contributed by atoms with E-state index < -0.39 is 10.1 Å². The molecular formula is C19H38NNaO3S. The fourth-order valence-electron chi connectivity index (χ4n) is 3.76. The molecule has 0 aliphatic carbocycles. The zero-order valence-corrected chi connectivity index (χ0v) is 19.5. The summed E-state index contributed by atoms with van der Waals surface area (Å²) in [4.78, 5) is 2.43. The van der Waals surface area contributed by atoms with Crippen LogP contribution in [0.5, 0.6) is 0 Å². The third-order valence-corrected chi connectivity index (χ3v) is 5.98. The molecule has 0 radical (unpaired) electrons. The van der Waals surface area contributed by atoms with Crippen LogP contribution in [0.1, 0.15) is 96.8 Å². The van der Waals surface area contributed by atoms with Crippen molar-refractivity contribution in [2.75, 3.05) is 18.8 Å². The van der Waals surface area contributed by atoms with Crippen molar-refractivity contribution in [1.29, 1.82) is 0 Å². The summed E-state index contributed by atoms with van der Waals surface area (Å²) < 4.78 is 32.9. The number of rotatable bonds is 14. The minimum Gasteiger partial charge on any atom is -0.748 e. The van der Waals surface area contributed by atoms with Crippen LogP contribution in [0.4, 0.5) is 0 Å². The fraction of sp³-hybridized carbons (Fsp3) is 1.00. The summed E-state index contributed by atoms with van der Waals surface area (Å²) in [7, 11) is -4.08. The van der Waals surface area contributed by atoms with E-state index in [2.05, 4.69) is 11.8 Å². The molecule has 0 N–H and O–H groups in total. The van der Waals surface area contributed by atoms with Gasteiger partial charge in [-0.05, 0) is 38.8 Å². The van der Waals surface area contributed by atoms with Crippen LogP contribution in [0.25, 0.3) is 0 Å². The number of piperidine rings is 1. The van der Waals surface area contributed by atoms with Crippen molar-refractivity contribution in [2.45, 2.75) is 103 Å². The van der Waals surface area contributed by atoms with E-state index in [4.69, 9.17) is 0 Å². The summed E-state index contributed by atoms with van der Waals surface area (Å²) in [6, 6.07) is 0.290. The maximum Gasteiger partial charge on any atom is 1.00 e. The van der Waals surface area contributed by atoms with E-state index in [0.29, 0.717) is 12.5 Å². The third kappa shape index (κ3) is 14.6. The van der Waals surface area contributed by atoms with Crippen molar-refractivity contribution < 1.29 is 42.5 Å². The van der Waals surface area contributed by atoms with Crippen LogP contribution < -0.4 is 29.6 Å². The number of hydrogen-bond acceptors (Lipinski definition) is 4. The first kappa shape index (κ1) is 25.9. The Balaban J connectivity index is 0.00000576. The maximum absolute atomic E-state index is 11.0. The number of unbranched alkanes of at least 4 members (excludes halogenated alkanes) is 8. The maximum atomic E-state index is 11.0. The molecule has 1 aliphatic heterocycles. The Labute approximate surface area is 178 Å². The molecule has 4 nitrogen and oxygen atoms in total. The molecular weight excluding hydrogens is 345 g/mol. The summed E-state index contributed by atoms with van der Waals surface area (Å²) in [5.74, 6) is -0.203. The average molecular weight is 384 g/mol. The molecule has 1 heterocycles. The molecule has 1 rings (SSSR count). The molecule has 1 unspecified atom stereocenters. The van der Waals surface area contributed by atoms with E-state index in [0.717, 1.165) is 25.9 Å². The molecule has 1 atom stereocenters. The summed E-state index contributed by atoms with van der Waals surface area (Å²) in [5.41, 5.74) is 0. The Kier molecular flexibility index (Phi) is 16.4. The van der Waals surface area contributed by atoms with Gasteiger partial charge in [0.15, 0.2) is 0 Å². The van der Waals surface area contributed by atoms with Gasteiger partial charge in [-0.1, -0.05) is 71.1 Å². The van der Waals surface area contributed by atoms with Crippen LogP contribution in [0, 0.1) is 0 Å². The molecule has 0 spiro atoms. The van der Waals surface area contributed by atoms with Gasteiger partial charge in [0.05, 0.1) is 10.1 Å². The number of nitrogens with zero attached hydrogens (tertiary/aromatic N) is 1. The molecule has 0 aromatic heterocycles. The summed E-state index contributed by atoms with van der Waals surface area (Å²) in [5, 5.41) is 0. The molecule has 0 saturated carbocycles. The van der Waals surface area contributed by atoms with Gasteiger partial charge >= 0.3 is 29.6 Å². The van der Waals surface area contributed by atoms with Crippen molar-refractivity contribution in [3.8, 4) is 0 Å². The molecule has 1 fully saturated rings. The molecule has 6 heteroatoms.